The van der Waals surface area contributed by atoms with E-state index < -0.39 is 0 Å². The van der Waals surface area contributed by atoms with Gasteiger partial charge in [-0.15, -0.1) is 0 Å². The molecule has 0 saturated heterocycles. The molecule has 1 aromatic rings. The second kappa shape index (κ2) is 4.43. The van der Waals surface area contributed by atoms with Crippen molar-refractivity contribution in [1.29, 1.82) is 5.26 Å². The number of benzene rings is 1. The van der Waals surface area contributed by atoms with Crippen LogP contribution in [0.1, 0.15) is 25.3 Å². The highest BCUT2D eigenvalue weighted by molar-refractivity contribution is 9.10. The van der Waals surface area contributed by atoms with E-state index in [2.05, 4.69) is 35.8 Å². The summed E-state index contributed by atoms with van der Waals surface area (Å²) in [5.41, 5.74) is 1.10. The van der Waals surface area contributed by atoms with Crippen molar-refractivity contribution >= 4 is 15.9 Å². The molecule has 0 saturated carbocycles. The lowest BCUT2D eigenvalue weighted by Crippen LogP contribution is -2.03. The lowest BCUT2D eigenvalue weighted by Gasteiger charge is -2.12. The quantitative estimate of drug-likeness (QED) is 0.770. The standard InChI is InChI=1S/C11H12BrN/c1-8(2)11(7-13)9-3-5-10(12)6-4-9/h3-6,8,11H,1-2H3. The highest BCUT2D eigenvalue weighted by Crippen LogP contribution is 2.24. The third-order valence-corrected chi connectivity index (χ3v) is 2.56. The summed E-state index contributed by atoms with van der Waals surface area (Å²) in [4.78, 5) is 0. The molecular weight excluding hydrogens is 226 g/mol. The van der Waals surface area contributed by atoms with Gasteiger partial charge < -0.3 is 0 Å². The van der Waals surface area contributed by atoms with E-state index >= 15 is 0 Å². The SMILES string of the molecule is CC(C)C(C#N)c1ccc(Br)cc1. The van der Waals surface area contributed by atoms with Crippen LogP contribution in [0.25, 0.3) is 0 Å². The van der Waals surface area contributed by atoms with E-state index in [1.54, 1.807) is 0 Å². The number of nitrogens with zero attached hydrogens (tertiary/aromatic N) is 1. The molecule has 0 spiro atoms. The fraction of sp³-hybridized carbons (Fsp3) is 0.364. The van der Waals surface area contributed by atoms with E-state index in [9.17, 15) is 0 Å². The van der Waals surface area contributed by atoms with Gasteiger partial charge in [-0.2, -0.15) is 5.26 Å². The predicted molar refractivity (Wildman–Crippen MR) is 57.3 cm³/mol. The largest absolute Gasteiger partial charge is 0.198 e. The fourth-order valence-corrected chi connectivity index (χ4v) is 1.54. The van der Waals surface area contributed by atoms with E-state index in [4.69, 9.17) is 5.26 Å². The van der Waals surface area contributed by atoms with Gasteiger partial charge in [-0.1, -0.05) is 41.9 Å². The van der Waals surface area contributed by atoms with E-state index in [1.807, 2.05) is 24.3 Å². The van der Waals surface area contributed by atoms with Gasteiger partial charge in [-0.05, 0) is 23.6 Å². The van der Waals surface area contributed by atoms with Crippen LogP contribution in [0, 0.1) is 17.2 Å². The molecule has 1 unspecified atom stereocenters. The van der Waals surface area contributed by atoms with Gasteiger partial charge in [0, 0.05) is 4.47 Å². The second-order valence-corrected chi connectivity index (χ2v) is 4.32. The summed E-state index contributed by atoms with van der Waals surface area (Å²) in [7, 11) is 0. The molecule has 0 aliphatic rings. The van der Waals surface area contributed by atoms with Crippen LogP contribution >= 0.6 is 15.9 Å². The summed E-state index contributed by atoms with van der Waals surface area (Å²) in [5.74, 6) is 0.374. The van der Waals surface area contributed by atoms with Crippen LogP contribution in [0.4, 0.5) is 0 Å². The van der Waals surface area contributed by atoms with Crippen molar-refractivity contribution in [3.05, 3.63) is 34.3 Å². The molecule has 1 atom stereocenters. The molecule has 2 heteroatoms. The normalized spacial score (nSPS) is 12.5. The third kappa shape index (κ3) is 2.57. The maximum Gasteiger partial charge on any atom is 0.0735 e. The van der Waals surface area contributed by atoms with Crippen molar-refractivity contribution in [2.24, 2.45) is 5.92 Å². The molecule has 1 aromatic carbocycles. The summed E-state index contributed by atoms with van der Waals surface area (Å²) in [6.45, 7) is 4.13. The average molecular weight is 238 g/mol. The molecule has 0 amide bonds. The Hall–Kier alpha value is -0.810. The van der Waals surface area contributed by atoms with Crippen molar-refractivity contribution < 1.29 is 0 Å². The molecule has 0 bridgehead atoms. The zero-order valence-electron chi connectivity index (χ0n) is 7.79. The first kappa shape index (κ1) is 10.3. The van der Waals surface area contributed by atoms with Crippen LogP contribution in [-0.2, 0) is 0 Å². The Morgan fingerprint density at radius 1 is 1.23 bits per heavy atom. The van der Waals surface area contributed by atoms with Gasteiger partial charge in [0.05, 0.1) is 12.0 Å². The Balaban J connectivity index is 2.94. The number of rotatable bonds is 2. The highest BCUT2D eigenvalue weighted by atomic mass is 79.9. The van der Waals surface area contributed by atoms with E-state index in [0.29, 0.717) is 5.92 Å². The first-order valence-electron chi connectivity index (χ1n) is 4.30. The topological polar surface area (TPSA) is 23.8 Å². The van der Waals surface area contributed by atoms with Crippen molar-refractivity contribution in [2.75, 3.05) is 0 Å². The van der Waals surface area contributed by atoms with Crippen LogP contribution < -0.4 is 0 Å². The van der Waals surface area contributed by atoms with Crippen LogP contribution in [0.5, 0.6) is 0 Å². The first-order valence-corrected chi connectivity index (χ1v) is 5.09. The minimum absolute atomic E-state index is 0.00750. The van der Waals surface area contributed by atoms with Gasteiger partial charge in [-0.3, -0.25) is 0 Å². The van der Waals surface area contributed by atoms with Gasteiger partial charge in [0.25, 0.3) is 0 Å². The third-order valence-electron chi connectivity index (χ3n) is 2.03. The molecule has 13 heavy (non-hydrogen) atoms. The lowest BCUT2D eigenvalue weighted by atomic mass is 9.90. The summed E-state index contributed by atoms with van der Waals surface area (Å²) in [6.07, 6.45) is 0. The van der Waals surface area contributed by atoms with Gasteiger partial charge in [0.2, 0.25) is 0 Å². The highest BCUT2D eigenvalue weighted by Gasteiger charge is 2.13. The zero-order chi connectivity index (χ0) is 9.84. The van der Waals surface area contributed by atoms with Crippen LogP contribution in [-0.4, -0.2) is 0 Å². The molecule has 0 aliphatic heterocycles. The maximum absolute atomic E-state index is 8.96. The lowest BCUT2D eigenvalue weighted by molar-refractivity contribution is 0.587. The van der Waals surface area contributed by atoms with Crippen molar-refractivity contribution in [2.45, 2.75) is 19.8 Å². The summed E-state index contributed by atoms with van der Waals surface area (Å²) >= 11 is 3.37. The van der Waals surface area contributed by atoms with Crippen LogP contribution in [0.15, 0.2) is 28.7 Å². The smallest absolute Gasteiger partial charge is 0.0735 e. The van der Waals surface area contributed by atoms with E-state index in [-0.39, 0.29) is 5.92 Å². The predicted octanol–water partition coefficient (Wildman–Crippen LogP) is 3.71. The zero-order valence-corrected chi connectivity index (χ0v) is 9.38. The van der Waals surface area contributed by atoms with Crippen molar-refractivity contribution in [1.82, 2.24) is 0 Å². The molecule has 0 fully saturated rings. The summed E-state index contributed by atoms with van der Waals surface area (Å²) < 4.78 is 1.05. The molecule has 68 valence electrons. The average Bonchev–Trinajstić information content (AvgIpc) is 2.09. The summed E-state index contributed by atoms with van der Waals surface area (Å²) in [6, 6.07) is 10.3. The second-order valence-electron chi connectivity index (χ2n) is 3.40. The van der Waals surface area contributed by atoms with Gasteiger partial charge in [0.15, 0.2) is 0 Å². The van der Waals surface area contributed by atoms with Crippen LogP contribution in [0.2, 0.25) is 0 Å². The van der Waals surface area contributed by atoms with E-state index in [1.165, 1.54) is 0 Å². The van der Waals surface area contributed by atoms with Gasteiger partial charge >= 0.3 is 0 Å². The number of halogens is 1. The molecule has 1 nitrogen and oxygen atoms in total. The Morgan fingerprint density at radius 3 is 2.15 bits per heavy atom. The Kier molecular flexibility index (Phi) is 3.50. The Morgan fingerprint density at radius 2 is 1.77 bits per heavy atom. The van der Waals surface area contributed by atoms with Crippen LogP contribution in [0.3, 0.4) is 0 Å². The van der Waals surface area contributed by atoms with E-state index in [0.717, 1.165) is 10.0 Å². The molecule has 0 aromatic heterocycles. The van der Waals surface area contributed by atoms with Crippen molar-refractivity contribution in [3.63, 3.8) is 0 Å². The van der Waals surface area contributed by atoms with Crippen molar-refractivity contribution in [3.8, 4) is 6.07 Å². The monoisotopic (exact) mass is 237 g/mol. The molecule has 0 N–H and O–H groups in total. The maximum atomic E-state index is 8.96. The molecule has 0 aliphatic carbocycles. The molecule has 1 rings (SSSR count). The number of hydrogen-bond donors (Lipinski definition) is 0. The fourth-order valence-electron chi connectivity index (χ4n) is 1.28. The minimum atomic E-state index is 0.00750. The molecular formula is C11H12BrN. The minimum Gasteiger partial charge on any atom is -0.198 e. The summed E-state index contributed by atoms with van der Waals surface area (Å²) in [5, 5.41) is 8.96. The van der Waals surface area contributed by atoms with Gasteiger partial charge in [0.1, 0.15) is 0 Å². The Labute approximate surface area is 87.5 Å². The first-order chi connectivity index (χ1) is 6.15. The molecule has 0 heterocycles. The Bertz CT molecular complexity index is 308. The van der Waals surface area contributed by atoms with Gasteiger partial charge in [-0.25, -0.2) is 0 Å². The number of nitriles is 1. The molecule has 0 radical (unpaired) electrons. The number of hydrogen-bond acceptors (Lipinski definition) is 1.